The molecule has 5 atom stereocenters. The highest BCUT2D eigenvalue weighted by Crippen LogP contribution is 2.62. The lowest BCUT2D eigenvalue weighted by Gasteiger charge is -2.23. The lowest BCUT2D eigenvalue weighted by molar-refractivity contribution is -0.166. The van der Waals surface area contributed by atoms with Crippen molar-refractivity contribution in [3.05, 3.63) is 34.9 Å². The summed E-state index contributed by atoms with van der Waals surface area (Å²) in [6, 6.07) is 5.99. The molecule has 0 N–H and O–H groups in total. The van der Waals surface area contributed by atoms with Crippen molar-refractivity contribution < 1.29 is 52.3 Å². The Hall–Kier alpha value is -3.34. The van der Waals surface area contributed by atoms with E-state index in [1.165, 1.54) is 0 Å². The molecule has 0 bridgehead atoms. The van der Waals surface area contributed by atoms with Gasteiger partial charge in [-0.15, -0.1) is 0 Å². The fraction of sp³-hybridized carbons (Fsp3) is 0.630. The molecular formula is C27H36O11. The van der Waals surface area contributed by atoms with E-state index in [1.807, 2.05) is 32.0 Å². The van der Waals surface area contributed by atoms with E-state index in [4.69, 9.17) is 33.2 Å². The van der Waals surface area contributed by atoms with E-state index in [0.717, 1.165) is 16.7 Å². The topological polar surface area (TPSA) is 133 Å². The van der Waals surface area contributed by atoms with Crippen molar-refractivity contribution in [2.75, 3.05) is 13.6 Å². The molecule has 0 saturated heterocycles. The second-order valence-corrected chi connectivity index (χ2v) is 10.1. The summed E-state index contributed by atoms with van der Waals surface area (Å²) < 4.78 is 35.6. The number of fused-ring (bicyclic) bond motifs is 1. The zero-order valence-corrected chi connectivity index (χ0v) is 22.6. The Kier molecular flexibility index (Phi) is 9.96. The monoisotopic (exact) mass is 536 g/mol. The van der Waals surface area contributed by atoms with Crippen LogP contribution in [0.1, 0.15) is 50.8 Å². The van der Waals surface area contributed by atoms with Crippen LogP contribution >= 0.6 is 0 Å². The summed E-state index contributed by atoms with van der Waals surface area (Å²) in [6.07, 6.45) is -2.70. The molecule has 5 unspecified atom stereocenters. The van der Waals surface area contributed by atoms with Crippen LogP contribution < -0.4 is 0 Å². The smallest absolute Gasteiger partial charge is 0.431 e. The highest BCUT2D eigenvalue weighted by Gasteiger charge is 2.68. The van der Waals surface area contributed by atoms with Gasteiger partial charge in [-0.2, -0.15) is 0 Å². The molecule has 0 aliphatic heterocycles. The van der Waals surface area contributed by atoms with Crippen LogP contribution in [0.5, 0.6) is 0 Å². The van der Waals surface area contributed by atoms with Gasteiger partial charge in [0.05, 0.1) is 36.8 Å². The Morgan fingerprint density at radius 3 is 1.87 bits per heavy atom. The fourth-order valence-corrected chi connectivity index (χ4v) is 4.68. The third-order valence-corrected chi connectivity index (χ3v) is 6.55. The maximum absolute atomic E-state index is 13.0. The largest absolute Gasteiger partial charge is 0.511 e. The summed E-state index contributed by atoms with van der Waals surface area (Å²) in [7, 11) is 0. The first-order valence-corrected chi connectivity index (χ1v) is 12.7. The van der Waals surface area contributed by atoms with Crippen molar-refractivity contribution in [1.82, 2.24) is 0 Å². The van der Waals surface area contributed by atoms with E-state index in [1.54, 1.807) is 27.7 Å². The van der Waals surface area contributed by atoms with E-state index < -0.39 is 55.8 Å². The quantitative estimate of drug-likeness (QED) is 0.229. The maximum atomic E-state index is 13.0. The lowest BCUT2D eigenvalue weighted by Crippen LogP contribution is -2.34. The molecule has 3 rings (SSSR count). The van der Waals surface area contributed by atoms with Crippen LogP contribution in [0.25, 0.3) is 0 Å². The summed E-state index contributed by atoms with van der Waals surface area (Å²) in [5.74, 6) is -3.08. The minimum absolute atomic E-state index is 0.153. The Balaban J connectivity index is 1.58. The Morgan fingerprint density at radius 1 is 0.789 bits per heavy atom. The molecule has 0 spiro atoms. The summed E-state index contributed by atoms with van der Waals surface area (Å²) in [4.78, 5) is 48.7. The minimum Gasteiger partial charge on any atom is -0.431 e. The molecule has 0 heterocycles. The molecule has 1 aromatic rings. The van der Waals surface area contributed by atoms with Gasteiger partial charge in [-0.3, -0.25) is 9.59 Å². The van der Waals surface area contributed by atoms with Gasteiger partial charge < -0.3 is 33.2 Å². The molecule has 11 heteroatoms. The number of hydrogen-bond acceptors (Lipinski definition) is 11. The first kappa shape index (κ1) is 29.2. The van der Waals surface area contributed by atoms with E-state index in [2.05, 4.69) is 0 Å². The summed E-state index contributed by atoms with van der Waals surface area (Å²) in [5.41, 5.74) is 3.25. The van der Waals surface area contributed by atoms with Crippen molar-refractivity contribution in [3.63, 3.8) is 0 Å². The van der Waals surface area contributed by atoms with E-state index in [-0.39, 0.29) is 30.7 Å². The Labute approximate surface area is 222 Å². The average molecular weight is 537 g/mol. The van der Waals surface area contributed by atoms with Gasteiger partial charge in [0.2, 0.25) is 13.6 Å². The summed E-state index contributed by atoms with van der Waals surface area (Å²) >= 11 is 0. The van der Waals surface area contributed by atoms with Crippen molar-refractivity contribution in [2.24, 2.45) is 23.7 Å². The molecule has 38 heavy (non-hydrogen) atoms. The van der Waals surface area contributed by atoms with Gasteiger partial charge in [-0.05, 0) is 76.5 Å². The van der Waals surface area contributed by atoms with Crippen LogP contribution in [0.2, 0.25) is 0 Å². The summed E-state index contributed by atoms with van der Waals surface area (Å²) in [5, 5.41) is 0. The van der Waals surface area contributed by atoms with Crippen molar-refractivity contribution in [2.45, 2.75) is 72.9 Å². The number of benzene rings is 1. The highest BCUT2D eigenvalue weighted by molar-refractivity contribution is 5.82. The molecule has 2 aliphatic rings. The number of carbonyl (C=O) groups excluding carboxylic acids is 4. The van der Waals surface area contributed by atoms with Crippen LogP contribution in [0.4, 0.5) is 9.59 Å². The third-order valence-electron chi connectivity index (χ3n) is 6.55. The number of hydrogen-bond donors (Lipinski definition) is 0. The normalized spacial score (nSPS) is 23.4. The van der Waals surface area contributed by atoms with Crippen LogP contribution in [-0.2, 0) is 49.4 Å². The predicted molar refractivity (Wildman–Crippen MR) is 130 cm³/mol. The van der Waals surface area contributed by atoms with Gasteiger partial charge in [-0.1, -0.05) is 18.2 Å². The second kappa shape index (κ2) is 12.9. The van der Waals surface area contributed by atoms with E-state index in [9.17, 15) is 19.2 Å². The van der Waals surface area contributed by atoms with E-state index in [0.29, 0.717) is 6.42 Å². The average Bonchev–Trinajstić information content (AvgIpc) is 3.39. The molecule has 2 aliphatic carbocycles. The first-order valence-electron chi connectivity index (χ1n) is 12.7. The Morgan fingerprint density at radius 2 is 1.34 bits per heavy atom. The number of carbonyl (C=O) groups is 4. The molecule has 2 saturated carbocycles. The zero-order valence-electron chi connectivity index (χ0n) is 22.6. The van der Waals surface area contributed by atoms with Gasteiger partial charge in [0.25, 0.3) is 0 Å². The molecule has 11 nitrogen and oxygen atoms in total. The predicted octanol–water partition coefficient (Wildman–Crippen LogP) is 4.20. The van der Waals surface area contributed by atoms with Crippen molar-refractivity contribution in [3.8, 4) is 0 Å². The van der Waals surface area contributed by atoms with Crippen LogP contribution in [0, 0.1) is 37.5 Å². The molecule has 1 aromatic carbocycles. The number of ether oxygens (including phenoxy) is 7. The molecular weight excluding hydrogens is 500 g/mol. The standard InChI is InChI=1S/C27H36O11/c1-14(2)37-26(30)35-12-33-24(28)22-19-10-20(32-11-18-8-7-16(5)17(6)9-18)23(21(19)22)25(29)34-13-36-27(31)38-15(3)4/h7-9,14-15,19-23H,10-13H2,1-6H3. The first-order chi connectivity index (χ1) is 18.0. The van der Waals surface area contributed by atoms with Crippen LogP contribution in [-0.4, -0.2) is 56.1 Å². The number of aryl methyl sites for hydroxylation is 2. The molecule has 0 aromatic heterocycles. The minimum atomic E-state index is -0.955. The molecule has 0 amide bonds. The van der Waals surface area contributed by atoms with Crippen LogP contribution in [0.3, 0.4) is 0 Å². The van der Waals surface area contributed by atoms with Gasteiger partial charge in [0.1, 0.15) is 0 Å². The number of esters is 2. The SMILES string of the molecule is Cc1ccc(COC2CC3C(C(=O)OCOC(=O)OC(C)C)C3C2C(=O)OCOC(=O)OC(C)C)cc1C. The number of rotatable bonds is 11. The van der Waals surface area contributed by atoms with E-state index >= 15 is 0 Å². The van der Waals surface area contributed by atoms with Gasteiger partial charge in [-0.25, -0.2) is 9.59 Å². The third kappa shape index (κ3) is 7.83. The maximum Gasteiger partial charge on any atom is 0.511 e. The van der Waals surface area contributed by atoms with Gasteiger partial charge in [0, 0.05) is 0 Å². The molecule has 2 fully saturated rings. The van der Waals surface area contributed by atoms with Crippen molar-refractivity contribution in [1.29, 1.82) is 0 Å². The lowest BCUT2D eigenvalue weighted by atomic mass is 9.97. The van der Waals surface area contributed by atoms with Crippen LogP contribution in [0.15, 0.2) is 18.2 Å². The highest BCUT2D eigenvalue weighted by atomic mass is 16.8. The second-order valence-electron chi connectivity index (χ2n) is 10.1. The molecule has 0 radical (unpaired) electrons. The van der Waals surface area contributed by atoms with Crippen molar-refractivity contribution >= 4 is 24.2 Å². The van der Waals surface area contributed by atoms with Gasteiger partial charge in [0.15, 0.2) is 0 Å². The van der Waals surface area contributed by atoms with Gasteiger partial charge >= 0.3 is 24.2 Å². The molecule has 210 valence electrons. The zero-order chi connectivity index (χ0) is 28.0. The summed E-state index contributed by atoms with van der Waals surface area (Å²) in [6.45, 7) is 9.75. The Bertz CT molecular complexity index is 1020. The fourth-order valence-electron chi connectivity index (χ4n) is 4.68.